The molecule has 1 rings (SSSR count). The van der Waals surface area contributed by atoms with Gasteiger partial charge in [-0.15, -0.1) is 0 Å². The second kappa shape index (κ2) is 2.46. The third-order valence-corrected chi connectivity index (χ3v) is 0.966. The summed E-state index contributed by atoms with van der Waals surface area (Å²) in [5.74, 6) is 0.414. The Balaban J connectivity index is 2.86. The maximum Gasteiger partial charge on any atom is 0.153 e. The van der Waals surface area contributed by atoms with Gasteiger partial charge in [0.25, 0.3) is 0 Å². The number of carbonyl (C=O) groups is 1. The summed E-state index contributed by atoms with van der Waals surface area (Å²) in [6.45, 7) is -0.159. The van der Waals surface area contributed by atoms with Crippen molar-refractivity contribution in [1.82, 2.24) is 0 Å². The highest BCUT2D eigenvalue weighted by Gasteiger charge is 1.96. The van der Waals surface area contributed by atoms with Gasteiger partial charge in [0.2, 0.25) is 0 Å². The number of hydrogen-bond acceptors (Lipinski definition) is 3. The monoisotopic (exact) mass is 126 g/mol. The molecule has 1 aromatic rings. The van der Waals surface area contributed by atoms with Crippen LogP contribution in [0.4, 0.5) is 0 Å². The topological polar surface area (TPSA) is 50.4 Å². The molecule has 3 nitrogen and oxygen atoms in total. The lowest BCUT2D eigenvalue weighted by Crippen LogP contribution is -1.74. The van der Waals surface area contributed by atoms with Crippen molar-refractivity contribution < 1.29 is 14.3 Å². The summed E-state index contributed by atoms with van der Waals surface area (Å²) < 4.78 is 4.72. The van der Waals surface area contributed by atoms with Crippen LogP contribution in [-0.2, 0) is 6.61 Å². The van der Waals surface area contributed by atoms with E-state index >= 15 is 0 Å². The van der Waals surface area contributed by atoms with Crippen LogP contribution in [0.3, 0.4) is 0 Å². The molecule has 0 unspecified atom stereocenters. The lowest BCUT2D eigenvalue weighted by molar-refractivity contribution is 0.112. The zero-order chi connectivity index (χ0) is 6.69. The largest absolute Gasteiger partial charge is 0.466 e. The predicted octanol–water partition coefficient (Wildman–Crippen LogP) is 0.584. The molecule has 0 saturated heterocycles. The molecule has 0 bridgehead atoms. The predicted molar refractivity (Wildman–Crippen MR) is 30.0 cm³/mol. The molecule has 0 amide bonds. The summed E-state index contributed by atoms with van der Waals surface area (Å²) in [5.41, 5.74) is 0.457. The van der Waals surface area contributed by atoms with E-state index in [-0.39, 0.29) is 6.61 Å². The Kier molecular flexibility index (Phi) is 1.65. The van der Waals surface area contributed by atoms with E-state index in [1.165, 1.54) is 12.3 Å². The fraction of sp³-hybridized carbons (Fsp3) is 0.167. The molecule has 3 heteroatoms. The van der Waals surface area contributed by atoms with E-state index in [4.69, 9.17) is 9.52 Å². The lowest BCUT2D eigenvalue weighted by Gasteiger charge is -1.79. The highest BCUT2D eigenvalue weighted by atomic mass is 16.4. The molecule has 1 heterocycles. The average Bonchev–Trinajstić information content (AvgIpc) is 2.34. The van der Waals surface area contributed by atoms with E-state index in [2.05, 4.69) is 0 Å². The van der Waals surface area contributed by atoms with Crippen molar-refractivity contribution in [3.05, 3.63) is 23.7 Å². The summed E-state index contributed by atoms with van der Waals surface area (Å²) in [6.07, 6.45) is 1.97. The van der Waals surface area contributed by atoms with Gasteiger partial charge in [-0.2, -0.15) is 0 Å². The van der Waals surface area contributed by atoms with Crippen LogP contribution in [0.25, 0.3) is 0 Å². The number of aldehydes is 1. The van der Waals surface area contributed by atoms with Gasteiger partial charge in [-0.1, -0.05) is 0 Å². The summed E-state index contributed by atoms with van der Waals surface area (Å²) in [7, 11) is 0. The normalized spacial score (nSPS) is 9.44. The van der Waals surface area contributed by atoms with Crippen molar-refractivity contribution >= 4 is 6.29 Å². The summed E-state index contributed by atoms with van der Waals surface area (Å²) in [5, 5.41) is 8.44. The van der Waals surface area contributed by atoms with Gasteiger partial charge in [-0.3, -0.25) is 4.79 Å². The molecule has 0 aliphatic rings. The number of hydrogen-bond donors (Lipinski definition) is 1. The summed E-state index contributed by atoms with van der Waals surface area (Å²) >= 11 is 0. The minimum Gasteiger partial charge on any atom is -0.466 e. The molecule has 0 fully saturated rings. The summed E-state index contributed by atoms with van der Waals surface area (Å²) in [4.78, 5) is 9.99. The van der Waals surface area contributed by atoms with E-state index in [0.29, 0.717) is 17.6 Å². The molecule has 0 atom stereocenters. The quantitative estimate of drug-likeness (QED) is 0.590. The maximum absolute atomic E-state index is 9.99. The van der Waals surface area contributed by atoms with E-state index in [0.717, 1.165) is 0 Å². The molecule has 1 aromatic heterocycles. The fourth-order valence-corrected chi connectivity index (χ4v) is 0.542. The number of rotatable bonds is 2. The van der Waals surface area contributed by atoms with Gasteiger partial charge in [-0.25, -0.2) is 0 Å². The van der Waals surface area contributed by atoms with E-state index in [9.17, 15) is 4.79 Å². The number of aliphatic hydroxyl groups is 1. The average molecular weight is 126 g/mol. The highest BCUT2D eigenvalue weighted by molar-refractivity contribution is 5.74. The van der Waals surface area contributed by atoms with Crippen LogP contribution in [0, 0.1) is 0 Å². The van der Waals surface area contributed by atoms with Gasteiger partial charge in [-0.05, 0) is 6.07 Å². The van der Waals surface area contributed by atoms with Crippen LogP contribution in [-0.4, -0.2) is 11.4 Å². The Morgan fingerprint density at radius 1 is 1.78 bits per heavy atom. The number of aliphatic hydroxyl groups excluding tert-OH is 1. The number of furan rings is 1. The SMILES string of the molecule is O=Cc1coc(CO)c1. The van der Waals surface area contributed by atoms with Gasteiger partial charge in [0.15, 0.2) is 6.29 Å². The second-order valence-electron chi connectivity index (χ2n) is 1.62. The molecular formula is C6H6O3. The van der Waals surface area contributed by atoms with E-state index in [1.54, 1.807) is 0 Å². The van der Waals surface area contributed by atoms with Crippen molar-refractivity contribution in [2.24, 2.45) is 0 Å². The standard InChI is InChI=1S/C6H6O3/c7-2-5-1-6(3-8)9-4-5/h1-2,4,8H,3H2. The highest BCUT2D eigenvalue weighted by Crippen LogP contribution is 2.03. The van der Waals surface area contributed by atoms with Crippen LogP contribution in [0.1, 0.15) is 16.1 Å². The Labute approximate surface area is 51.9 Å². The maximum atomic E-state index is 9.99. The van der Waals surface area contributed by atoms with Crippen LogP contribution in [0.2, 0.25) is 0 Å². The molecule has 0 aliphatic carbocycles. The smallest absolute Gasteiger partial charge is 0.153 e. The zero-order valence-electron chi connectivity index (χ0n) is 4.70. The third-order valence-electron chi connectivity index (χ3n) is 0.966. The Hall–Kier alpha value is -1.09. The first kappa shape index (κ1) is 6.04. The van der Waals surface area contributed by atoms with Gasteiger partial charge in [0.1, 0.15) is 18.6 Å². The molecule has 0 radical (unpaired) electrons. The Morgan fingerprint density at radius 2 is 2.56 bits per heavy atom. The van der Waals surface area contributed by atoms with Gasteiger partial charge in [0, 0.05) is 0 Å². The molecular weight excluding hydrogens is 120 g/mol. The minimum atomic E-state index is -0.159. The molecule has 0 saturated carbocycles. The molecule has 0 aliphatic heterocycles. The van der Waals surface area contributed by atoms with Crippen molar-refractivity contribution in [2.75, 3.05) is 0 Å². The van der Waals surface area contributed by atoms with Crippen LogP contribution in [0.5, 0.6) is 0 Å². The Bertz CT molecular complexity index is 202. The molecule has 0 aromatic carbocycles. The van der Waals surface area contributed by atoms with Gasteiger partial charge >= 0.3 is 0 Å². The lowest BCUT2D eigenvalue weighted by atomic mass is 10.3. The summed E-state index contributed by atoms with van der Waals surface area (Å²) in [6, 6.07) is 1.49. The molecule has 1 N–H and O–H groups in total. The molecule has 9 heavy (non-hydrogen) atoms. The third kappa shape index (κ3) is 1.17. The van der Waals surface area contributed by atoms with E-state index < -0.39 is 0 Å². The van der Waals surface area contributed by atoms with Gasteiger partial charge < -0.3 is 9.52 Å². The molecule has 48 valence electrons. The molecule has 0 spiro atoms. The number of carbonyl (C=O) groups excluding carboxylic acids is 1. The van der Waals surface area contributed by atoms with Crippen molar-refractivity contribution in [3.63, 3.8) is 0 Å². The van der Waals surface area contributed by atoms with Crippen molar-refractivity contribution in [2.45, 2.75) is 6.61 Å². The zero-order valence-corrected chi connectivity index (χ0v) is 4.70. The van der Waals surface area contributed by atoms with Crippen molar-refractivity contribution in [3.8, 4) is 0 Å². The first-order valence-corrected chi connectivity index (χ1v) is 2.50. The minimum absolute atomic E-state index is 0.159. The van der Waals surface area contributed by atoms with Crippen LogP contribution in [0.15, 0.2) is 16.7 Å². The second-order valence-corrected chi connectivity index (χ2v) is 1.62. The van der Waals surface area contributed by atoms with Crippen LogP contribution < -0.4 is 0 Å². The Morgan fingerprint density at radius 3 is 2.89 bits per heavy atom. The first-order chi connectivity index (χ1) is 4.36. The van der Waals surface area contributed by atoms with Crippen LogP contribution >= 0.6 is 0 Å². The van der Waals surface area contributed by atoms with Crippen molar-refractivity contribution in [1.29, 1.82) is 0 Å². The first-order valence-electron chi connectivity index (χ1n) is 2.50. The van der Waals surface area contributed by atoms with E-state index in [1.807, 2.05) is 0 Å². The van der Waals surface area contributed by atoms with Gasteiger partial charge in [0.05, 0.1) is 5.56 Å². The fourth-order valence-electron chi connectivity index (χ4n) is 0.542.